The average molecular weight is 182 g/mol. The van der Waals surface area contributed by atoms with Crippen LogP contribution in [0.4, 0.5) is 0 Å². The number of rotatable bonds is 3. The van der Waals surface area contributed by atoms with Crippen LogP contribution in [0.2, 0.25) is 0 Å². The van der Waals surface area contributed by atoms with Crippen molar-refractivity contribution in [2.45, 2.75) is 27.2 Å². The summed E-state index contributed by atoms with van der Waals surface area (Å²) < 4.78 is 0. The summed E-state index contributed by atoms with van der Waals surface area (Å²) in [6.45, 7) is 10.3. The Balaban J connectivity index is 2.73. The third-order valence-electron chi connectivity index (χ3n) is 2.05. The lowest BCUT2D eigenvalue weighted by Crippen LogP contribution is -2.43. The first-order chi connectivity index (χ1) is 5.93. The van der Waals surface area contributed by atoms with Crippen molar-refractivity contribution >= 4 is 5.84 Å². The summed E-state index contributed by atoms with van der Waals surface area (Å²) in [6, 6.07) is 0. The van der Waals surface area contributed by atoms with Crippen molar-refractivity contribution in [3.05, 3.63) is 12.2 Å². The Hall–Kier alpha value is -1.03. The molecule has 13 heavy (non-hydrogen) atoms. The topological polar surface area (TPSA) is 39.7 Å². The van der Waals surface area contributed by atoms with E-state index in [1.54, 1.807) is 0 Å². The van der Waals surface area contributed by atoms with E-state index in [9.17, 15) is 0 Å². The van der Waals surface area contributed by atoms with Crippen LogP contribution in [-0.2, 0) is 0 Å². The van der Waals surface area contributed by atoms with Gasteiger partial charge in [0, 0.05) is 12.5 Å². The minimum Gasteiger partial charge on any atom is -0.278 e. The van der Waals surface area contributed by atoms with E-state index < -0.39 is 0 Å². The summed E-state index contributed by atoms with van der Waals surface area (Å²) in [5.41, 5.74) is 6.83. The van der Waals surface area contributed by atoms with Gasteiger partial charge in [0.1, 0.15) is 5.84 Å². The highest BCUT2D eigenvalue weighted by molar-refractivity contribution is 5.87. The molecule has 0 bridgehead atoms. The van der Waals surface area contributed by atoms with Gasteiger partial charge in [-0.15, -0.1) is 17.2 Å². The molecule has 2 N–H and O–H groups in total. The zero-order chi connectivity index (χ0) is 10.1. The Morgan fingerprint density at radius 3 is 2.62 bits per heavy atom. The predicted molar refractivity (Wildman–Crippen MR) is 54.7 cm³/mol. The molecule has 74 valence electrons. The molecule has 1 aliphatic heterocycles. The molecular weight excluding hydrogens is 164 g/mol. The van der Waals surface area contributed by atoms with Crippen molar-refractivity contribution in [3.8, 4) is 0 Å². The number of allylic oxidation sites excluding steroid dienone is 1. The first kappa shape index (κ1) is 10.1. The highest BCUT2D eigenvalue weighted by Crippen LogP contribution is 2.27. The van der Waals surface area contributed by atoms with Gasteiger partial charge in [-0.05, 0) is 13.3 Å². The molecular formula is C9H18N4. The molecule has 0 saturated carbocycles. The molecule has 4 nitrogen and oxygen atoms in total. The Kier molecular flexibility index (Phi) is 2.61. The number of amidine groups is 1. The molecule has 1 rings (SSSR count). The fraction of sp³-hybridized carbons (Fsp3) is 0.667. The van der Waals surface area contributed by atoms with E-state index in [1.165, 1.54) is 5.57 Å². The SMILES string of the molecule is C=C(C)CC(C)(C)C1=NNNN1C. The molecule has 0 saturated heterocycles. The average Bonchev–Trinajstić information content (AvgIpc) is 2.32. The summed E-state index contributed by atoms with van der Waals surface area (Å²) in [4.78, 5) is 0. The number of nitrogens with one attached hydrogen (secondary N) is 2. The molecule has 0 amide bonds. The van der Waals surface area contributed by atoms with E-state index in [4.69, 9.17) is 0 Å². The van der Waals surface area contributed by atoms with Gasteiger partial charge in [0.25, 0.3) is 0 Å². The Morgan fingerprint density at radius 2 is 2.23 bits per heavy atom. The number of hydrazine groups is 2. The van der Waals surface area contributed by atoms with E-state index in [0.717, 1.165) is 12.3 Å². The lowest BCUT2D eigenvalue weighted by Gasteiger charge is -2.28. The molecule has 0 aromatic heterocycles. The molecule has 1 heterocycles. The zero-order valence-electron chi connectivity index (χ0n) is 8.81. The molecule has 4 heteroatoms. The van der Waals surface area contributed by atoms with Crippen molar-refractivity contribution in [2.75, 3.05) is 7.05 Å². The summed E-state index contributed by atoms with van der Waals surface area (Å²) in [6.07, 6.45) is 0.944. The molecule has 0 fully saturated rings. The van der Waals surface area contributed by atoms with Gasteiger partial charge in [0.2, 0.25) is 0 Å². The number of hydrazone groups is 1. The number of hydrogen-bond donors (Lipinski definition) is 2. The Morgan fingerprint density at radius 1 is 1.62 bits per heavy atom. The molecule has 0 aliphatic carbocycles. The lowest BCUT2D eigenvalue weighted by molar-refractivity contribution is 0.320. The predicted octanol–water partition coefficient (Wildman–Crippen LogP) is 1.25. The van der Waals surface area contributed by atoms with Crippen molar-refractivity contribution in [2.24, 2.45) is 10.5 Å². The van der Waals surface area contributed by atoms with Gasteiger partial charge in [-0.1, -0.05) is 19.4 Å². The van der Waals surface area contributed by atoms with Crippen molar-refractivity contribution in [3.63, 3.8) is 0 Å². The standard InChI is InChI=1S/C9H18N4/c1-7(2)6-9(3,4)8-10-11-12-13(8)5/h11-12H,1,6H2,2-5H3. The zero-order valence-corrected chi connectivity index (χ0v) is 8.81. The van der Waals surface area contributed by atoms with Crippen LogP contribution >= 0.6 is 0 Å². The van der Waals surface area contributed by atoms with Crippen molar-refractivity contribution in [1.29, 1.82) is 0 Å². The summed E-state index contributed by atoms with van der Waals surface area (Å²) in [5, 5.41) is 6.07. The fourth-order valence-electron chi connectivity index (χ4n) is 1.72. The second-order valence-corrected chi connectivity index (χ2v) is 4.24. The van der Waals surface area contributed by atoms with E-state index in [1.807, 2.05) is 19.0 Å². The number of hydrogen-bond acceptors (Lipinski definition) is 4. The number of nitrogens with zero attached hydrogens (tertiary/aromatic N) is 2. The van der Waals surface area contributed by atoms with Gasteiger partial charge < -0.3 is 0 Å². The van der Waals surface area contributed by atoms with E-state index >= 15 is 0 Å². The normalized spacial score (nSPS) is 16.9. The third-order valence-corrected chi connectivity index (χ3v) is 2.05. The highest BCUT2D eigenvalue weighted by Gasteiger charge is 2.30. The fourth-order valence-corrected chi connectivity index (χ4v) is 1.72. The van der Waals surface area contributed by atoms with Crippen LogP contribution in [0.15, 0.2) is 17.3 Å². The van der Waals surface area contributed by atoms with Crippen LogP contribution in [-0.4, -0.2) is 17.9 Å². The van der Waals surface area contributed by atoms with Crippen LogP contribution in [0.3, 0.4) is 0 Å². The molecule has 0 unspecified atom stereocenters. The maximum Gasteiger partial charge on any atom is 0.147 e. The van der Waals surface area contributed by atoms with E-state index in [-0.39, 0.29) is 5.41 Å². The summed E-state index contributed by atoms with van der Waals surface area (Å²) in [5.74, 6) is 1.01. The van der Waals surface area contributed by atoms with Gasteiger partial charge in [-0.2, -0.15) is 0 Å². The van der Waals surface area contributed by atoms with E-state index in [0.29, 0.717) is 0 Å². The van der Waals surface area contributed by atoms with Crippen LogP contribution < -0.4 is 11.1 Å². The van der Waals surface area contributed by atoms with Crippen LogP contribution in [0.1, 0.15) is 27.2 Å². The van der Waals surface area contributed by atoms with Crippen molar-refractivity contribution < 1.29 is 0 Å². The second kappa shape index (κ2) is 3.38. The molecule has 0 radical (unpaired) electrons. The van der Waals surface area contributed by atoms with Crippen LogP contribution in [0.25, 0.3) is 0 Å². The van der Waals surface area contributed by atoms with E-state index in [2.05, 4.69) is 36.6 Å². The minimum absolute atomic E-state index is 0.0249. The van der Waals surface area contributed by atoms with Gasteiger partial charge in [-0.3, -0.25) is 5.01 Å². The Labute approximate surface area is 79.6 Å². The van der Waals surface area contributed by atoms with Crippen molar-refractivity contribution in [1.82, 2.24) is 16.1 Å². The minimum atomic E-state index is 0.0249. The maximum atomic E-state index is 4.18. The summed E-state index contributed by atoms with van der Waals surface area (Å²) in [7, 11) is 1.94. The largest absolute Gasteiger partial charge is 0.278 e. The van der Waals surface area contributed by atoms with Crippen LogP contribution in [0.5, 0.6) is 0 Å². The smallest absolute Gasteiger partial charge is 0.147 e. The quantitative estimate of drug-likeness (QED) is 0.645. The van der Waals surface area contributed by atoms with Gasteiger partial charge in [0.15, 0.2) is 0 Å². The lowest BCUT2D eigenvalue weighted by atomic mass is 9.85. The molecule has 0 aromatic carbocycles. The van der Waals surface area contributed by atoms with Gasteiger partial charge in [0.05, 0.1) is 0 Å². The molecule has 0 atom stereocenters. The second-order valence-electron chi connectivity index (χ2n) is 4.24. The first-order valence-electron chi connectivity index (χ1n) is 4.40. The molecule has 0 aromatic rings. The first-order valence-corrected chi connectivity index (χ1v) is 4.40. The summed E-state index contributed by atoms with van der Waals surface area (Å²) >= 11 is 0. The van der Waals surface area contributed by atoms with Crippen LogP contribution in [0, 0.1) is 5.41 Å². The highest BCUT2D eigenvalue weighted by atomic mass is 15.8. The molecule has 1 aliphatic rings. The molecule has 0 spiro atoms. The van der Waals surface area contributed by atoms with Gasteiger partial charge >= 0.3 is 0 Å². The Bertz CT molecular complexity index is 242. The monoisotopic (exact) mass is 182 g/mol. The third kappa shape index (κ3) is 2.21. The van der Waals surface area contributed by atoms with Gasteiger partial charge in [-0.25, -0.2) is 5.53 Å². The maximum absolute atomic E-state index is 4.18.